The second-order valence-corrected chi connectivity index (χ2v) is 10.2. The lowest BCUT2D eigenvalue weighted by Gasteiger charge is -2.27. The van der Waals surface area contributed by atoms with E-state index >= 15 is 0 Å². The standard InChI is InChI=1S/C27H35N3O2/c1-17-7-6-10-21(28-17)14-30-15-23-22(24(23)16-30)13-20-11-12-25(29-18(2)31)27(32)26(20)19-8-4-3-5-9-19/h6-7,10-12,19,22-24,32H,3-5,8-9,13-16H2,1-2H3,(H,29,31). The summed E-state index contributed by atoms with van der Waals surface area (Å²) < 4.78 is 0. The summed E-state index contributed by atoms with van der Waals surface area (Å²) in [5.41, 5.74) is 5.23. The number of rotatable bonds is 6. The molecule has 1 saturated heterocycles. The molecule has 0 spiro atoms. The second-order valence-electron chi connectivity index (χ2n) is 10.2. The quantitative estimate of drug-likeness (QED) is 0.628. The summed E-state index contributed by atoms with van der Waals surface area (Å²) in [7, 11) is 0. The molecule has 2 aromatic rings. The Hall–Kier alpha value is -2.40. The fraction of sp³-hybridized carbons (Fsp3) is 0.556. The summed E-state index contributed by atoms with van der Waals surface area (Å²) in [5, 5.41) is 13.9. The van der Waals surface area contributed by atoms with Gasteiger partial charge >= 0.3 is 0 Å². The van der Waals surface area contributed by atoms with Crippen LogP contribution < -0.4 is 5.32 Å². The number of piperidine rings is 1. The second kappa shape index (κ2) is 8.86. The van der Waals surface area contributed by atoms with Crippen LogP contribution in [-0.2, 0) is 17.8 Å². The summed E-state index contributed by atoms with van der Waals surface area (Å²) in [6.45, 7) is 6.80. The summed E-state index contributed by atoms with van der Waals surface area (Å²) >= 11 is 0. The van der Waals surface area contributed by atoms with Gasteiger partial charge in [-0.15, -0.1) is 0 Å². The lowest BCUT2D eigenvalue weighted by molar-refractivity contribution is -0.114. The Bertz CT molecular complexity index is 986. The van der Waals surface area contributed by atoms with Crippen molar-refractivity contribution >= 4 is 11.6 Å². The van der Waals surface area contributed by atoms with Crippen molar-refractivity contribution < 1.29 is 9.90 Å². The lowest BCUT2D eigenvalue weighted by atomic mass is 9.80. The normalized spacial score (nSPS) is 25.5. The third-order valence-electron chi connectivity index (χ3n) is 7.87. The monoisotopic (exact) mass is 433 g/mol. The topological polar surface area (TPSA) is 65.5 Å². The molecule has 3 aliphatic rings. The first-order valence-corrected chi connectivity index (χ1v) is 12.3. The molecule has 1 aromatic carbocycles. The van der Waals surface area contributed by atoms with E-state index < -0.39 is 0 Å². The fourth-order valence-electron chi connectivity index (χ4n) is 6.30. The highest BCUT2D eigenvalue weighted by Crippen LogP contribution is 2.55. The Balaban J connectivity index is 1.28. The minimum atomic E-state index is -0.137. The first-order chi connectivity index (χ1) is 15.5. The van der Waals surface area contributed by atoms with Gasteiger partial charge in [0.1, 0.15) is 5.75 Å². The predicted molar refractivity (Wildman–Crippen MR) is 127 cm³/mol. The van der Waals surface area contributed by atoms with Gasteiger partial charge < -0.3 is 10.4 Å². The van der Waals surface area contributed by atoms with Crippen LogP contribution in [-0.4, -0.2) is 34.0 Å². The van der Waals surface area contributed by atoms with Crippen LogP contribution in [0.25, 0.3) is 0 Å². The van der Waals surface area contributed by atoms with Gasteiger partial charge in [-0.3, -0.25) is 14.7 Å². The van der Waals surface area contributed by atoms with Crippen molar-refractivity contribution in [1.29, 1.82) is 0 Å². The number of benzene rings is 1. The molecule has 5 rings (SSSR count). The zero-order chi connectivity index (χ0) is 22.2. The minimum Gasteiger partial charge on any atom is -0.505 e. The van der Waals surface area contributed by atoms with E-state index in [-0.39, 0.29) is 5.91 Å². The first-order valence-electron chi connectivity index (χ1n) is 12.3. The third kappa shape index (κ3) is 4.40. The van der Waals surface area contributed by atoms with Gasteiger partial charge in [-0.1, -0.05) is 31.4 Å². The maximum Gasteiger partial charge on any atom is 0.221 e. The Morgan fingerprint density at radius 3 is 2.56 bits per heavy atom. The smallest absolute Gasteiger partial charge is 0.221 e. The number of phenols is 1. The molecule has 1 aliphatic heterocycles. The SMILES string of the molecule is CC(=O)Nc1ccc(CC2C3CN(Cc4cccc(C)n4)CC23)c(C2CCCCC2)c1O. The number of phenolic OH excluding ortho intramolecular Hbond substituents is 1. The highest BCUT2D eigenvalue weighted by Gasteiger charge is 2.55. The molecule has 2 heterocycles. The lowest BCUT2D eigenvalue weighted by Crippen LogP contribution is -2.25. The van der Waals surface area contributed by atoms with Crippen molar-refractivity contribution in [3.05, 3.63) is 52.8 Å². The first kappa shape index (κ1) is 21.4. The largest absolute Gasteiger partial charge is 0.505 e. The van der Waals surface area contributed by atoms with Gasteiger partial charge in [-0.2, -0.15) is 0 Å². The summed E-state index contributed by atoms with van der Waals surface area (Å²) in [4.78, 5) is 18.8. The van der Waals surface area contributed by atoms with Crippen LogP contribution in [0.1, 0.15) is 67.5 Å². The van der Waals surface area contributed by atoms with Crippen LogP contribution >= 0.6 is 0 Å². The molecule has 2 atom stereocenters. The van der Waals surface area contributed by atoms with Crippen molar-refractivity contribution in [2.24, 2.45) is 17.8 Å². The molecule has 5 nitrogen and oxygen atoms in total. The number of anilines is 1. The van der Waals surface area contributed by atoms with E-state index in [0.29, 0.717) is 23.3 Å². The van der Waals surface area contributed by atoms with Gasteiger partial charge in [0, 0.05) is 37.8 Å². The van der Waals surface area contributed by atoms with Gasteiger partial charge in [0.15, 0.2) is 0 Å². The molecule has 1 amide bonds. The highest BCUT2D eigenvalue weighted by molar-refractivity contribution is 5.90. The van der Waals surface area contributed by atoms with Crippen molar-refractivity contribution in [2.75, 3.05) is 18.4 Å². The number of carbonyl (C=O) groups is 1. The van der Waals surface area contributed by atoms with Crippen LogP contribution in [0, 0.1) is 24.7 Å². The van der Waals surface area contributed by atoms with Crippen LogP contribution in [0.3, 0.4) is 0 Å². The molecule has 1 aromatic heterocycles. The Labute approximate surface area is 191 Å². The number of hydrogen-bond acceptors (Lipinski definition) is 4. The van der Waals surface area contributed by atoms with E-state index in [1.807, 2.05) is 6.07 Å². The molecule has 3 fully saturated rings. The molecule has 2 N–H and O–H groups in total. The number of pyridine rings is 1. The molecule has 2 aliphatic carbocycles. The summed E-state index contributed by atoms with van der Waals surface area (Å²) in [6.07, 6.45) is 7.06. The van der Waals surface area contributed by atoms with Gasteiger partial charge in [0.25, 0.3) is 0 Å². The van der Waals surface area contributed by atoms with Crippen LogP contribution in [0.4, 0.5) is 5.69 Å². The molecular weight excluding hydrogens is 398 g/mol. The molecule has 0 bridgehead atoms. The average Bonchev–Trinajstić information content (AvgIpc) is 3.20. The molecule has 32 heavy (non-hydrogen) atoms. The number of carbonyl (C=O) groups excluding carboxylic acids is 1. The predicted octanol–water partition coefficient (Wildman–Crippen LogP) is 5.02. The molecule has 2 saturated carbocycles. The van der Waals surface area contributed by atoms with Crippen molar-refractivity contribution in [2.45, 2.75) is 64.8 Å². The van der Waals surface area contributed by atoms with E-state index in [2.05, 4.69) is 46.4 Å². The number of aromatic nitrogens is 1. The van der Waals surface area contributed by atoms with E-state index in [1.54, 1.807) is 0 Å². The summed E-state index contributed by atoms with van der Waals surface area (Å²) in [5.74, 6) is 2.82. The number of nitrogens with one attached hydrogen (secondary N) is 1. The number of fused-ring (bicyclic) bond motifs is 1. The maximum absolute atomic E-state index is 11.6. The van der Waals surface area contributed by atoms with E-state index in [4.69, 9.17) is 0 Å². The minimum absolute atomic E-state index is 0.137. The third-order valence-corrected chi connectivity index (χ3v) is 7.87. The number of aryl methyl sites for hydroxylation is 1. The zero-order valence-electron chi connectivity index (χ0n) is 19.3. The number of hydrogen-bond donors (Lipinski definition) is 2. The van der Waals surface area contributed by atoms with Crippen LogP contribution in [0.15, 0.2) is 30.3 Å². The van der Waals surface area contributed by atoms with Gasteiger partial charge in [-0.05, 0) is 73.6 Å². The van der Waals surface area contributed by atoms with Gasteiger partial charge in [-0.25, -0.2) is 0 Å². The number of aromatic hydroxyl groups is 1. The Kier molecular flexibility index (Phi) is 5.93. The average molecular weight is 434 g/mol. The molecule has 170 valence electrons. The molecule has 5 heteroatoms. The molecule has 2 unspecified atom stereocenters. The van der Waals surface area contributed by atoms with Crippen LogP contribution in [0.5, 0.6) is 5.75 Å². The Morgan fingerprint density at radius 1 is 1.12 bits per heavy atom. The van der Waals surface area contributed by atoms with Crippen molar-refractivity contribution in [3.63, 3.8) is 0 Å². The number of amides is 1. The fourth-order valence-corrected chi connectivity index (χ4v) is 6.30. The van der Waals surface area contributed by atoms with Gasteiger partial charge in [0.05, 0.1) is 11.4 Å². The van der Waals surface area contributed by atoms with Crippen LogP contribution in [0.2, 0.25) is 0 Å². The molecular formula is C27H35N3O2. The summed E-state index contributed by atoms with van der Waals surface area (Å²) in [6, 6.07) is 10.3. The van der Waals surface area contributed by atoms with E-state index in [0.717, 1.165) is 62.0 Å². The van der Waals surface area contributed by atoms with Crippen molar-refractivity contribution in [3.8, 4) is 5.75 Å². The molecule has 0 radical (unpaired) electrons. The van der Waals surface area contributed by atoms with E-state index in [1.165, 1.54) is 37.4 Å². The van der Waals surface area contributed by atoms with Gasteiger partial charge in [0.2, 0.25) is 5.91 Å². The van der Waals surface area contributed by atoms with Crippen molar-refractivity contribution in [1.82, 2.24) is 9.88 Å². The Morgan fingerprint density at radius 2 is 1.88 bits per heavy atom. The number of likely N-dealkylation sites (tertiary alicyclic amines) is 1. The highest BCUT2D eigenvalue weighted by atomic mass is 16.3. The zero-order valence-corrected chi connectivity index (χ0v) is 19.3. The number of nitrogens with zero attached hydrogens (tertiary/aromatic N) is 2. The maximum atomic E-state index is 11.6. The van der Waals surface area contributed by atoms with E-state index in [9.17, 15) is 9.90 Å².